The van der Waals surface area contributed by atoms with Gasteiger partial charge in [0.15, 0.2) is 0 Å². The first-order valence-electron chi connectivity index (χ1n) is 9.20. The zero-order valence-electron chi connectivity index (χ0n) is 15.7. The van der Waals surface area contributed by atoms with Gasteiger partial charge >= 0.3 is 0 Å². The Bertz CT molecular complexity index is 900. The molecule has 144 valence electrons. The molecule has 1 aliphatic rings. The molecule has 4 rings (SSSR count). The summed E-state index contributed by atoms with van der Waals surface area (Å²) >= 11 is 0. The van der Waals surface area contributed by atoms with Gasteiger partial charge in [-0.15, -0.1) is 10.2 Å². The highest BCUT2D eigenvalue weighted by molar-refractivity contribution is 5.73. The van der Waals surface area contributed by atoms with Gasteiger partial charge in [-0.1, -0.05) is 6.07 Å². The van der Waals surface area contributed by atoms with Crippen molar-refractivity contribution >= 4 is 11.0 Å². The van der Waals surface area contributed by atoms with Crippen molar-refractivity contribution in [1.29, 1.82) is 0 Å². The van der Waals surface area contributed by atoms with Gasteiger partial charge < -0.3 is 15.0 Å². The van der Waals surface area contributed by atoms with Crippen LogP contribution in [-0.2, 0) is 24.4 Å². The van der Waals surface area contributed by atoms with Gasteiger partial charge in [0.1, 0.15) is 22.7 Å². The molecule has 2 aromatic heterocycles. The van der Waals surface area contributed by atoms with Crippen LogP contribution in [-0.4, -0.2) is 56.8 Å². The summed E-state index contributed by atoms with van der Waals surface area (Å²) in [6, 6.07) is 6.25. The first kappa shape index (κ1) is 18.0. The van der Waals surface area contributed by atoms with Gasteiger partial charge in [-0.05, 0) is 47.9 Å². The zero-order valence-corrected chi connectivity index (χ0v) is 15.7. The van der Waals surface area contributed by atoms with E-state index in [0.717, 1.165) is 54.2 Å². The summed E-state index contributed by atoms with van der Waals surface area (Å²) in [6.07, 6.45) is 1.96. The molecule has 0 saturated heterocycles. The summed E-state index contributed by atoms with van der Waals surface area (Å²) in [5.41, 5.74) is 8.64. The number of ether oxygens (including phenoxy) is 1. The molecule has 0 bridgehead atoms. The van der Waals surface area contributed by atoms with Gasteiger partial charge in [0.2, 0.25) is 0 Å². The van der Waals surface area contributed by atoms with E-state index in [1.807, 2.05) is 18.2 Å². The number of rotatable bonds is 8. The van der Waals surface area contributed by atoms with Gasteiger partial charge in [-0.25, -0.2) is 4.63 Å². The highest BCUT2D eigenvalue weighted by atomic mass is 16.6. The molecule has 0 unspecified atom stereocenters. The van der Waals surface area contributed by atoms with Crippen LogP contribution in [0.3, 0.4) is 0 Å². The third kappa shape index (κ3) is 3.85. The molecule has 2 N–H and O–H groups in total. The largest absolute Gasteiger partial charge is 0.383 e. The van der Waals surface area contributed by atoms with Gasteiger partial charge in [0.05, 0.1) is 13.2 Å². The fourth-order valence-electron chi connectivity index (χ4n) is 3.60. The fraction of sp³-hybridized carbons (Fsp3) is 0.556. The monoisotopic (exact) mass is 371 g/mol. The van der Waals surface area contributed by atoms with Crippen molar-refractivity contribution in [2.75, 3.05) is 20.8 Å². The fourth-order valence-corrected chi connectivity index (χ4v) is 3.60. The SMILES string of the molecule is COCCn1c(CN(C)Cc2ccc3nonc3c2)nnc1C1CC(N)C1. The number of nitrogens with zero attached hydrogens (tertiary/aromatic N) is 6. The standard InChI is InChI=1S/C18H25N7O2/c1-24(10-12-3-4-15-16(7-12)23-27-22-15)11-17-20-21-18(13-8-14(19)9-13)25(17)5-6-26-2/h3-4,7,13-14H,5-6,8-11,19H2,1-2H3. The summed E-state index contributed by atoms with van der Waals surface area (Å²) < 4.78 is 12.2. The molecule has 1 saturated carbocycles. The predicted molar refractivity (Wildman–Crippen MR) is 98.8 cm³/mol. The number of fused-ring (bicyclic) bond motifs is 1. The minimum absolute atomic E-state index is 0.287. The Labute approximate surface area is 157 Å². The first-order valence-corrected chi connectivity index (χ1v) is 9.20. The predicted octanol–water partition coefficient (Wildman–Crippen LogP) is 1.30. The number of hydrogen-bond donors (Lipinski definition) is 1. The van der Waals surface area contributed by atoms with E-state index >= 15 is 0 Å². The quantitative estimate of drug-likeness (QED) is 0.631. The lowest BCUT2D eigenvalue weighted by Gasteiger charge is -2.32. The van der Waals surface area contributed by atoms with Crippen molar-refractivity contribution < 1.29 is 9.37 Å². The highest BCUT2D eigenvalue weighted by Gasteiger charge is 2.32. The number of methoxy groups -OCH3 is 1. The van der Waals surface area contributed by atoms with Gasteiger partial charge in [0.25, 0.3) is 0 Å². The van der Waals surface area contributed by atoms with Crippen LogP contribution in [0.2, 0.25) is 0 Å². The number of nitrogens with two attached hydrogens (primary N) is 1. The Morgan fingerprint density at radius 1 is 1.22 bits per heavy atom. The third-order valence-corrected chi connectivity index (χ3v) is 5.10. The van der Waals surface area contributed by atoms with E-state index in [-0.39, 0.29) is 6.04 Å². The smallest absolute Gasteiger partial charge is 0.147 e. The molecule has 2 heterocycles. The summed E-state index contributed by atoms with van der Waals surface area (Å²) in [5, 5.41) is 16.7. The van der Waals surface area contributed by atoms with Crippen LogP contribution in [0.5, 0.6) is 0 Å². The molecule has 9 heteroatoms. The molecule has 0 amide bonds. The van der Waals surface area contributed by atoms with E-state index in [9.17, 15) is 0 Å². The highest BCUT2D eigenvalue weighted by Crippen LogP contribution is 2.35. The lowest BCUT2D eigenvalue weighted by atomic mass is 9.80. The number of benzene rings is 1. The summed E-state index contributed by atoms with van der Waals surface area (Å²) in [6.45, 7) is 2.86. The summed E-state index contributed by atoms with van der Waals surface area (Å²) in [7, 11) is 3.78. The Morgan fingerprint density at radius 3 is 2.81 bits per heavy atom. The van der Waals surface area contributed by atoms with E-state index in [0.29, 0.717) is 19.1 Å². The molecule has 0 radical (unpaired) electrons. The Balaban J connectivity index is 1.47. The van der Waals surface area contributed by atoms with Crippen LogP contribution in [0.1, 0.15) is 36.0 Å². The third-order valence-electron chi connectivity index (χ3n) is 5.10. The van der Waals surface area contributed by atoms with Crippen LogP contribution in [0.4, 0.5) is 0 Å². The zero-order chi connectivity index (χ0) is 18.8. The molecule has 0 aliphatic heterocycles. The molecule has 3 aromatic rings. The van der Waals surface area contributed by atoms with Crippen molar-refractivity contribution in [3.63, 3.8) is 0 Å². The van der Waals surface area contributed by atoms with Gasteiger partial charge in [-0.3, -0.25) is 4.90 Å². The van der Waals surface area contributed by atoms with E-state index in [4.69, 9.17) is 15.1 Å². The molecule has 9 nitrogen and oxygen atoms in total. The maximum atomic E-state index is 5.95. The normalized spacial score (nSPS) is 19.7. The molecule has 27 heavy (non-hydrogen) atoms. The molecule has 1 fully saturated rings. The van der Waals surface area contributed by atoms with E-state index in [2.05, 4.69) is 37.0 Å². The second-order valence-corrected chi connectivity index (χ2v) is 7.31. The van der Waals surface area contributed by atoms with Crippen molar-refractivity contribution in [2.45, 2.75) is 44.4 Å². The van der Waals surface area contributed by atoms with Crippen LogP contribution in [0, 0.1) is 0 Å². The Hall–Kier alpha value is -2.36. The van der Waals surface area contributed by atoms with Crippen molar-refractivity contribution in [3.05, 3.63) is 35.4 Å². The Morgan fingerprint density at radius 2 is 2.04 bits per heavy atom. The maximum absolute atomic E-state index is 5.95. The van der Waals surface area contributed by atoms with Crippen molar-refractivity contribution in [2.24, 2.45) is 5.73 Å². The number of aromatic nitrogens is 5. The molecule has 1 aliphatic carbocycles. The van der Waals surface area contributed by atoms with Gasteiger partial charge in [0, 0.05) is 32.2 Å². The maximum Gasteiger partial charge on any atom is 0.147 e. The lowest BCUT2D eigenvalue weighted by molar-refractivity contribution is 0.181. The average Bonchev–Trinajstić information content (AvgIpc) is 3.23. The average molecular weight is 371 g/mol. The second-order valence-electron chi connectivity index (χ2n) is 7.31. The van der Waals surface area contributed by atoms with Crippen LogP contribution >= 0.6 is 0 Å². The minimum atomic E-state index is 0.287. The van der Waals surface area contributed by atoms with Crippen LogP contribution in [0.15, 0.2) is 22.8 Å². The van der Waals surface area contributed by atoms with Crippen molar-refractivity contribution in [1.82, 2.24) is 30.0 Å². The van der Waals surface area contributed by atoms with Crippen LogP contribution in [0.25, 0.3) is 11.0 Å². The lowest BCUT2D eigenvalue weighted by Crippen LogP contribution is -2.36. The van der Waals surface area contributed by atoms with E-state index < -0.39 is 0 Å². The molecule has 1 aromatic carbocycles. The minimum Gasteiger partial charge on any atom is -0.383 e. The first-order chi connectivity index (χ1) is 13.1. The molecular weight excluding hydrogens is 346 g/mol. The summed E-state index contributed by atoms with van der Waals surface area (Å²) in [4.78, 5) is 2.21. The molecule has 0 atom stereocenters. The van der Waals surface area contributed by atoms with Gasteiger partial charge in [-0.2, -0.15) is 0 Å². The van der Waals surface area contributed by atoms with Crippen molar-refractivity contribution in [3.8, 4) is 0 Å². The second kappa shape index (κ2) is 7.71. The van der Waals surface area contributed by atoms with Crippen LogP contribution < -0.4 is 5.73 Å². The molecular formula is C18H25N7O2. The number of hydrogen-bond acceptors (Lipinski definition) is 8. The van der Waals surface area contributed by atoms with E-state index in [1.165, 1.54) is 0 Å². The van der Waals surface area contributed by atoms with E-state index in [1.54, 1.807) is 7.11 Å². The topological polar surface area (TPSA) is 108 Å². The summed E-state index contributed by atoms with van der Waals surface area (Å²) in [5.74, 6) is 2.40. The Kier molecular flexibility index (Phi) is 5.15. The molecule has 0 spiro atoms.